The summed E-state index contributed by atoms with van der Waals surface area (Å²) in [5.41, 5.74) is 2.87. The lowest BCUT2D eigenvalue weighted by atomic mass is 10.3. The molecule has 3 aromatic rings. The highest BCUT2D eigenvalue weighted by Gasteiger charge is 2.09. The molecule has 18 heavy (non-hydrogen) atoms. The number of aromatic nitrogens is 2. The van der Waals surface area contributed by atoms with Crippen LogP contribution in [0.2, 0.25) is 5.02 Å². The second-order valence-corrected chi connectivity index (χ2v) is 5.59. The Balaban J connectivity index is 2.42. The number of hydrogen-bond acceptors (Lipinski definition) is 1. The van der Waals surface area contributed by atoms with Gasteiger partial charge in [-0.05, 0) is 42.5 Å². The van der Waals surface area contributed by atoms with Crippen molar-refractivity contribution in [3.8, 4) is 5.69 Å². The van der Waals surface area contributed by atoms with E-state index in [0.29, 0.717) is 9.79 Å². The molecule has 0 unspecified atom stereocenters. The quantitative estimate of drug-likeness (QED) is 0.611. The van der Waals surface area contributed by atoms with Gasteiger partial charge in [0.1, 0.15) is 0 Å². The van der Waals surface area contributed by atoms with E-state index < -0.39 is 0 Å². The van der Waals surface area contributed by atoms with Gasteiger partial charge in [-0.15, -0.1) is 0 Å². The van der Waals surface area contributed by atoms with Gasteiger partial charge in [-0.2, -0.15) is 0 Å². The first-order valence-corrected chi connectivity index (χ1v) is 6.90. The molecule has 0 bridgehead atoms. The summed E-state index contributed by atoms with van der Waals surface area (Å²) in [6.07, 6.45) is 0. The van der Waals surface area contributed by atoms with E-state index in [1.54, 1.807) is 0 Å². The summed E-state index contributed by atoms with van der Waals surface area (Å²) in [6.45, 7) is 0. The topological polar surface area (TPSA) is 20.7 Å². The molecule has 0 radical (unpaired) electrons. The van der Waals surface area contributed by atoms with Crippen molar-refractivity contribution in [1.82, 2.24) is 9.55 Å². The van der Waals surface area contributed by atoms with E-state index >= 15 is 0 Å². The molecule has 0 aliphatic heterocycles. The first-order chi connectivity index (χ1) is 8.66. The fourth-order valence-electron chi connectivity index (χ4n) is 1.95. The predicted octanol–water partition coefficient (Wildman–Crippen LogP) is 5.10. The first-order valence-electron chi connectivity index (χ1n) is 5.32. The Morgan fingerprint density at radius 3 is 2.72 bits per heavy atom. The van der Waals surface area contributed by atoms with Gasteiger partial charge in [0.15, 0.2) is 4.77 Å². The van der Waals surface area contributed by atoms with Crippen molar-refractivity contribution in [1.29, 1.82) is 0 Å². The number of hydrogen-bond donors (Lipinski definition) is 1. The number of nitrogens with zero attached hydrogens (tertiary/aromatic N) is 1. The fraction of sp³-hybridized carbons (Fsp3) is 0. The minimum Gasteiger partial charge on any atom is -0.330 e. The van der Waals surface area contributed by atoms with Crippen LogP contribution in [0.4, 0.5) is 0 Å². The van der Waals surface area contributed by atoms with Gasteiger partial charge in [-0.25, -0.2) is 0 Å². The molecule has 2 nitrogen and oxygen atoms in total. The van der Waals surface area contributed by atoms with Gasteiger partial charge in [0.25, 0.3) is 0 Å². The number of H-pyrrole nitrogens is 1. The zero-order valence-electron chi connectivity index (χ0n) is 9.15. The molecule has 0 aliphatic carbocycles. The van der Waals surface area contributed by atoms with Crippen LogP contribution in [0.3, 0.4) is 0 Å². The molecule has 2 aromatic carbocycles. The van der Waals surface area contributed by atoms with E-state index in [9.17, 15) is 0 Å². The van der Waals surface area contributed by atoms with E-state index in [0.717, 1.165) is 21.2 Å². The molecule has 1 aromatic heterocycles. The lowest BCUT2D eigenvalue weighted by molar-refractivity contribution is 1.06. The van der Waals surface area contributed by atoms with Gasteiger partial charge >= 0.3 is 0 Å². The van der Waals surface area contributed by atoms with Crippen LogP contribution < -0.4 is 0 Å². The molecule has 0 spiro atoms. The molecule has 0 amide bonds. The van der Waals surface area contributed by atoms with Crippen molar-refractivity contribution in [3.63, 3.8) is 0 Å². The summed E-state index contributed by atoms with van der Waals surface area (Å²) in [4.78, 5) is 3.18. The number of aromatic amines is 1. The molecule has 0 saturated carbocycles. The highest BCUT2D eigenvalue weighted by Crippen LogP contribution is 2.27. The SMILES string of the molecule is S=c1[nH]c2ccc(Br)cc2n1-c1ccccc1Cl. The van der Waals surface area contributed by atoms with Gasteiger partial charge in [-0.3, -0.25) is 4.57 Å². The van der Waals surface area contributed by atoms with E-state index in [-0.39, 0.29) is 0 Å². The summed E-state index contributed by atoms with van der Waals surface area (Å²) in [5.74, 6) is 0. The number of halogens is 2. The lowest BCUT2D eigenvalue weighted by Gasteiger charge is -2.06. The van der Waals surface area contributed by atoms with Crippen LogP contribution in [0.25, 0.3) is 16.7 Å². The van der Waals surface area contributed by atoms with Gasteiger partial charge in [0, 0.05) is 4.47 Å². The van der Waals surface area contributed by atoms with Gasteiger partial charge in [-0.1, -0.05) is 39.7 Å². The molecule has 0 saturated heterocycles. The zero-order chi connectivity index (χ0) is 12.7. The van der Waals surface area contributed by atoms with Crippen LogP contribution in [0.5, 0.6) is 0 Å². The molecule has 1 N–H and O–H groups in total. The number of para-hydroxylation sites is 1. The summed E-state index contributed by atoms with van der Waals surface area (Å²) in [6, 6.07) is 13.6. The average Bonchev–Trinajstić information content (AvgIpc) is 2.66. The molecule has 1 heterocycles. The smallest absolute Gasteiger partial charge is 0.182 e. The van der Waals surface area contributed by atoms with E-state index in [1.165, 1.54) is 0 Å². The van der Waals surface area contributed by atoms with Crippen LogP contribution >= 0.6 is 39.7 Å². The third-order valence-corrected chi connectivity index (χ3v) is 3.84. The highest BCUT2D eigenvalue weighted by atomic mass is 79.9. The zero-order valence-corrected chi connectivity index (χ0v) is 12.3. The number of imidazole rings is 1. The van der Waals surface area contributed by atoms with Crippen LogP contribution in [-0.4, -0.2) is 9.55 Å². The van der Waals surface area contributed by atoms with Crippen LogP contribution in [0.1, 0.15) is 0 Å². The molecule has 90 valence electrons. The average molecular weight is 340 g/mol. The van der Waals surface area contributed by atoms with Gasteiger partial charge in [0.05, 0.1) is 21.7 Å². The first kappa shape index (κ1) is 12.0. The Morgan fingerprint density at radius 1 is 1.17 bits per heavy atom. The third kappa shape index (κ3) is 1.90. The minimum atomic E-state index is 0.635. The Kier molecular flexibility index (Phi) is 3.01. The van der Waals surface area contributed by atoms with Crippen LogP contribution in [0, 0.1) is 4.77 Å². The number of rotatable bonds is 1. The summed E-state index contributed by atoms with van der Waals surface area (Å²) in [5, 5.41) is 0.675. The standard InChI is InChI=1S/C13H8BrClN2S/c14-8-5-6-10-12(7-8)17(13(18)16-10)11-4-2-1-3-9(11)15/h1-7H,(H,16,18). The van der Waals surface area contributed by atoms with Crippen molar-refractivity contribution in [3.05, 3.63) is 56.7 Å². The molecule has 0 aliphatic rings. The Morgan fingerprint density at radius 2 is 1.94 bits per heavy atom. The van der Waals surface area contributed by atoms with Crippen molar-refractivity contribution in [2.45, 2.75) is 0 Å². The van der Waals surface area contributed by atoms with Crippen molar-refractivity contribution in [2.24, 2.45) is 0 Å². The van der Waals surface area contributed by atoms with Gasteiger partial charge in [0.2, 0.25) is 0 Å². The second-order valence-electron chi connectivity index (χ2n) is 3.88. The largest absolute Gasteiger partial charge is 0.330 e. The molecular weight excluding hydrogens is 332 g/mol. The Bertz CT molecular complexity index is 791. The van der Waals surface area contributed by atoms with E-state index in [1.807, 2.05) is 47.0 Å². The predicted molar refractivity (Wildman–Crippen MR) is 81.2 cm³/mol. The van der Waals surface area contributed by atoms with Crippen LogP contribution in [0.15, 0.2) is 46.9 Å². The fourth-order valence-corrected chi connectivity index (χ4v) is 2.82. The van der Waals surface area contributed by atoms with E-state index in [4.69, 9.17) is 23.8 Å². The van der Waals surface area contributed by atoms with Crippen molar-refractivity contribution < 1.29 is 0 Å². The second kappa shape index (κ2) is 4.53. The van der Waals surface area contributed by atoms with Crippen molar-refractivity contribution in [2.75, 3.05) is 0 Å². The molecular formula is C13H8BrClN2S. The minimum absolute atomic E-state index is 0.635. The lowest BCUT2D eigenvalue weighted by Crippen LogP contribution is -1.94. The molecule has 3 rings (SSSR count). The maximum absolute atomic E-state index is 6.24. The molecule has 0 fully saturated rings. The Hall–Kier alpha value is -1.10. The normalized spacial score (nSPS) is 11.0. The molecule has 0 atom stereocenters. The molecule has 5 heteroatoms. The maximum atomic E-state index is 6.24. The highest BCUT2D eigenvalue weighted by molar-refractivity contribution is 9.10. The van der Waals surface area contributed by atoms with E-state index in [2.05, 4.69) is 20.9 Å². The third-order valence-electron chi connectivity index (χ3n) is 2.74. The number of fused-ring (bicyclic) bond motifs is 1. The monoisotopic (exact) mass is 338 g/mol. The summed E-state index contributed by atoms with van der Waals surface area (Å²) < 4.78 is 3.58. The van der Waals surface area contributed by atoms with Crippen LogP contribution in [-0.2, 0) is 0 Å². The summed E-state index contributed by atoms with van der Waals surface area (Å²) in [7, 11) is 0. The number of benzene rings is 2. The van der Waals surface area contributed by atoms with Gasteiger partial charge < -0.3 is 4.98 Å². The maximum Gasteiger partial charge on any atom is 0.182 e. The van der Waals surface area contributed by atoms with Crippen molar-refractivity contribution >= 4 is 50.8 Å². The number of nitrogens with one attached hydrogen (secondary N) is 1. The summed E-state index contributed by atoms with van der Waals surface area (Å²) >= 11 is 15.1. The Labute approximate surface area is 122 Å².